The normalized spacial score (nSPS) is 23.6. The van der Waals surface area contributed by atoms with Crippen LogP contribution in [-0.2, 0) is 14.4 Å². The molecule has 0 bridgehead atoms. The lowest BCUT2D eigenvalue weighted by atomic mass is 10.2. The minimum Gasteiger partial charge on any atom is -0.477 e. The van der Waals surface area contributed by atoms with Gasteiger partial charge in [-0.1, -0.05) is 5.16 Å². The van der Waals surface area contributed by atoms with Gasteiger partial charge < -0.3 is 15.3 Å². The summed E-state index contributed by atoms with van der Waals surface area (Å²) in [6.07, 6.45) is -0.773. The quantitative estimate of drug-likeness (QED) is 0.700. The van der Waals surface area contributed by atoms with E-state index in [0.717, 1.165) is 31.1 Å². The molecule has 0 saturated carbocycles. The van der Waals surface area contributed by atoms with Gasteiger partial charge in [0, 0.05) is 44.1 Å². The summed E-state index contributed by atoms with van der Waals surface area (Å²) >= 11 is 1.94. The van der Waals surface area contributed by atoms with Crippen molar-refractivity contribution < 1.29 is 19.5 Å². The number of carbonyl (C=O) groups excluding carboxylic acids is 1. The Kier molecular flexibility index (Phi) is 5.03. The molecule has 2 aliphatic heterocycles. The van der Waals surface area contributed by atoms with Crippen LogP contribution in [-0.4, -0.2) is 71.4 Å². The maximum absolute atomic E-state index is 11.7. The van der Waals surface area contributed by atoms with Crippen molar-refractivity contribution >= 4 is 29.4 Å². The summed E-state index contributed by atoms with van der Waals surface area (Å²) in [5.41, 5.74) is -0.104. The number of nitrogens with zero attached hydrogens (tertiary/aromatic N) is 2. The van der Waals surface area contributed by atoms with Crippen molar-refractivity contribution in [2.45, 2.75) is 12.5 Å². The van der Waals surface area contributed by atoms with E-state index in [2.05, 4.69) is 15.4 Å². The van der Waals surface area contributed by atoms with Crippen LogP contribution in [0.4, 0.5) is 0 Å². The Labute approximate surface area is 115 Å². The summed E-state index contributed by atoms with van der Waals surface area (Å²) in [6.45, 7) is 3.46. The number of nitrogens with one attached hydrogen (secondary N) is 1. The Hall–Kier alpha value is -1.28. The lowest BCUT2D eigenvalue weighted by Gasteiger charge is -2.26. The van der Waals surface area contributed by atoms with Crippen molar-refractivity contribution in [3.8, 4) is 0 Å². The van der Waals surface area contributed by atoms with E-state index in [9.17, 15) is 9.59 Å². The van der Waals surface area contributed by atoms with Gasteiger partial charge in [-0.15, -0.1) is 0 Å². The van der Waals surface area contributed by atoms with Crippen LogP contribution >= 0.6 is 11.8 Å². The van der Waals surface area contributed by atoms with Crippen LogP contribution in [0.25, 0.3) is 0 Å². The molecule has 1 saturated heterocycles. The Bertz CT molecular complexity index is 382. The first-order valence-corrected chi connectivity index (χ1v) is 7.36. The Morgan fingerprint density at radius 2 is 2.21 bits per heavy atom. The van der Waals surface area contributed by atoms with Gasteiger partial charge in [0.15, 0.2) is 5.71 Å². The number of carboxylic acid groups (broad SMARTS) is 1. The number of hydrogen-bond donors (Lipinski definition) is 2. The molecule has 7 nitrogen and oxygen atoms in total. The summed E-state index contributed by atoms with van der Waals surface area (Å²) in [5, 5.41) is 14.8. The third-order valence-corrected chi connectivity index (χ3v) is 3.98. The standard InChI is InChI=1S/C11H17N3O4S/c15-10(9-7-8(11(16)17)13-18-9)12-1-2-14-3-5-19-6-4-14/h9H,1-7H2,(H,12,15)(H,16,17). The lowest BCUT2D eigenvalue weighted by molar-refractivity contribution is -0.131. The second-order valence-electron chi connectivity index (χ2n) is 4.39. The number of amides is 1. The fourth-order valence-corrected chi connectivity index (χ4v) is 2.90. The number of thioether (sulfide) groups is 1. The average molecular weight is 287 g/mol. The molecule has 1 atom stereocenters. The second kappa shape index (κ2) is 6.76. The summed E-state index contributed by atoms with van der Waals surface area (Å²) in [6, 6.07) is 0. The fourth-order valence-electron chi connectivity index (χ4n) is 1.92. The smallest absolute Gasteiger partial charge is 0.353 e. The zero-order valence-corrected chi connectivity index (χ0v) is 11.3. The van der Waals surface area contributed by atoms with E-state index < -0.39 is 12.1 Å². The van der Waals surface area contributed by atoms with E-state index >= 15 is 0 Å². The minimum atomic E-state index is -1.14. The number of aliphatic carboxylic acids is 1. The number of carboxylic acids is 1. The van der Waals surface area contributed by atoms with E-state index in [-0.39, 0.29) is 18.0 Å². The first-order chi connectivity index (χ1) is 9.16. The molecule has 0 aromatic rings. The molecular weight excluding hydrogens is 270 g/mol. The molecule has 1 fully saturated rings. The van der Waals surface area contributed by atoms with E-state index in [1.807, 2.05) is 11.8 Å². The zero-order chi connectivity index (χ0) is 13.7. The molecule has 8 heteroatoms. The van der Waals surface area contributed by atoms with Crippen LogP contribution in [0.5, 0.6) is 0 Å². The highest BCUT2D eigenvalue weighted by Gasteiger charge is 2.31. The molecule has 2 rings (SSSR count). The van der Waals surface area contributed by atoms with Crippen molar-refractivity contribution in [3.05, 3.63) is 0 Å². The highest BCUT2D eigenvalue weighted by Crippen LogP contribution is 2.11. The number of oxime groups is 1. The summed E-state index contributed by atoms with van der Waals surface area (Å²) in [5.74, 6) is 0.831. The van der Waals surface area contributed by atoms with Crippen LogP contribution in [0.15, 0.2) is 5.16 Å². The minimum absolute atomic E-state index is 0.0293. The lowest BCUT2D eigenvalue weighted by Crippen LogP contribution is -2.42. The molecule has 1 amide bonds. The van der Waals surface area contributed by atoms with Gasteiger partial charge >= 0.3 is 5.97 Å². The van der Waals surface area contributed by atoms with Crippen LogP contribution in [0.3, 0.4) is 0 Å². The second-order valence-corrected chi connectivity index (χ2v) is 5.61. The predicted octanol–water partition coefficient (Wildman–Crippen LogP) is -0.619. The Morgan fingerprint density at radius 1 is 1.47 bits per heavy atom. The Balaban J connectivity index is 1.64. The number of carbonyl (C=O) groups is 2. The van der Waals surface area contributed by atoms with Gasteiger partial charge in [0.1, 0.15) is 0 Å². The van der Waals surface area contributed by atoms with Crippen LogP contribution in [0, 0.1) is 0 Å². The highest BCUT2D eigenvalue weighted by molar-refractivity contribution is 7.99. The summed E-state index contributed by atoms with van der Waals surface area (Å²) in [7, 11) is 0. The molecule has 0 aromatic heterocycles. The van der Waals surface area contributed by atoms with Crippen LogP contribution < -0.4 is 5.32 Å². The monoisotopic (exact) mass is 287 g/mol. The molecule has 106 valence electrons. The molecule has 0 aromatic carbocycles. The maximum Gasteiger partial charge on any atom is 0.353 e. The van der Waals surface area contributed by atoms with Crippen LogP contribution in [0.1, 0.15) is 6.42 Å². The van der Waals surface area contributed by atoms with Gasteiger partial charge in [0.2, 0.25) is 6.10 Å². The summed E-state index contributed by atoms with van der Waals surface area (Å²) < 4.78 is 0. The van der Waals surface area contributed by atoms with Gasteiger partial charge in [-0.25, -0.2) is 4.79 Å². The zero-order valence-electron chi connectivity index (χ0n) is 10.5. The van der Waals surface area contributed by atoms with Crippen molar-refractivity contribution in [1.82, 2.24) is 10.2 Å². The van der Waals surface area contributed by atoms with Gasteiger partial charge in [-0.05, 0) is 0 Å². The van der Waals surface area contributed by atoms with Crippen molar-refractivity contribution in [2.75, 3.05) is 37.7 Å². The largest absolute Gasteiger partial charge is 0.477 e. The first kappa shape index (κ1) is 14.1. The van der Waals surface area contributed by atoms with Crippen LogP contribution in [0.2, 0.25) is 0 Å². The first-order valence-electron chi connectivity index (χ1n) is 6.20. The van der Waals surface area contributed by atoms with Gasteiger partial charge in [0.05, 0.1) is 0 Å². The Morgan fingerprint density at radius 3 is 2.84 bits per heavy atom. The van der Waals surface area contributed by atoms with Crippen molar-refractivity contribution in [1.29, 1.82) is 0 Å². The van der Waals surface area contributed by atoms with E-state index in [1.165, 1.54) is 0 Å². The van der Waals surface area contributed by atoms with Crippen molar-refractivity contribution in [2.24, 2.45) is 5.16 Å². The van der Waals surface area contributed by atoms with Gasteiger partial charge in [-0.2, -0.15) is 11.8 Å². The predicted molar refractivity (Wildman–Crippen MR) is 71.3 cm³/mol. The van der Waals surface area contributed by atoms with Gasteiger partial charge in [-0.3, -0.25) is 9.69 Å². The number of rotatable bonds is 5. The topological polar surface area (TPSA) is 91.2 Å². The molecule has 0 spiro atoms. The van der Waals surface area contributed by atoms with E-state index in [4.69, 9.17) is 9.94 Å². The molecule has 0 radical (unpaired) electrons. The van der Waals surface area contributed by atoms with E-state index in [0.29, 0.717) is 6.54 Å². The third-order valence-electron chi connectivity index (χ3n) is 3.04. The average Bonchev–Trinajstić information content (AvgIpc) is 2.89. The number of hydrogen-bond acceptors (Lipinski definition) is 6. The van der Waals surface area contributed by atoms with E-state index in [1.54, 1.807) is 0 Å². The van der Waals surface area contributed by atoms with Crippen molar-refractivity contribution in [3.63, 3.8) is 0 Å². The molecule has 2 aliphatic rings. The molecular formula is C11H17N3O4S. The fraction of sp³-hybridized carbons (Fsp3) is 0.727. The molecule has 2 N–H and O–H groups in total. The molecule has 19 heavy (non-hydrogen) atoms. The third kappa shape index (κ3) is 4.10. The summed E-state index contributed by atoms with van der Waals surface area (Å²) in [4.78, 5) is 29.5. The highest BCUT2D eigenvalue weighted by atomic mass is 32.2. The maximum atomic E-state index is 11.7. The van der Waals surface area contributed by atoms with Gasteiger partial charge in [0.25, 0.3) is 5.91 Å². The molecule has 2 heterocycles. The molecule has 1 unspecified atom stereocenters. The molecule has 0 aliphatic carbocycles. The SMILES string of the molecule is O=C(O)C1=NOC(C(=O)NCCN2CCSCC2)C1.